The molecule has 0 fully saturated rings. The van der Waals surface area contributed by atoms with Gasteiger partial charge < -0.3 is 9.88 Å². The Kier molecular flexibility index (Phi) is 6.47. The Morgan fingerprint density at radius 2 is 2.05 bits per heavy atom. The minimum Gasteiger partial charge on any atom is -0.337 e. The minimum absolute atomic E-state index is 0.536. The lowest BCUT2D eigenvalue weighted by Gasteiger charge is -2.12. The van der Waals surface area contributed by atoms with Gasteiger partial charge in [0.15, 0.2) is 0 Å². The van der Waals surface area contributed by atoms with Crippen LogP contribution < -0.4 is 5.32 Å². The molecule has 0 aliphatic rings. The van der Waals surface area contributed by atoms with Gasteiger partial charge in [-0.25, -0.2) is 4.98 Å². The van der Waals surface area contributed by atoms with Gasteiger partial charge in [0, 0.05) is 31.7 Å². The first-order valence-corrected chi connectivity index (χ1v) is 8.04. The van der Waals surface area contributed by atoms with Crippen molar-refractivity contribution in [3.8, 4) is 0 Å². The molecule has 1 N–H and O–H groups in total. The summed E-state index contributed by atoms with van der Waals surface area (Å²) >= 11 is 0. The number of aromatic nitrogens is 4. The highest BCUT2D eigenvalue weighted by atomic mass is 15.3. The lowest BCUT2D eigenvalue weighted by atomic mass is 10.2. The van der Waals surface area contributed by atoms with E-state index in [0.29, 0.717) is 6.04 Å². The molecule has 0 spiro atoms. The zero-order valence-electron chi connectivity index (χ0n) is 13.2. The van der Waals surface area contributed by atoms with Crippen molar-refractivity contribution >= 4 is 0 Å². The molecule has 2 rings (SSSR count). The number of unbranched alkanes of at least 4 members (excludes halogenated alkanes) is 1. The van der Waals surface area contributed by atoms with Gasteiger partial charge in [-0.15, -0.1) is 0 Å². The van der Waals surface area contributed by atoms with Crippen LogP contribution >= 0.6 is 0 Å². The van der Waals surface area contributed by atoms with E-state index in [1.54, 1.807) is 0 Å². The van der Waals surface area contributed by atoms with Crippen molar-refractivity contribution < 1.29 is 0 Å². The van der Waals surface area contributed by atoms with Crippen LogP contribution in [0, 0.1) is 0 Å². The highest BCUT2D eigenvalue weighted by Gasteiger charge is 2.07. The molecule has 0 atom stereocenters. The van der Waals surface area contributed by atoms with E-state index < -0.39 is 0 Å². The molecule has 2 heterocycles. The van der Waals surface area contributed by atoms with Gasteiger partial charge in [-0.05, 0) is 38.3 Å². The number of nitrogens with zero attached hydrogens (tertiary/aromatic N) is 4. The van der Waals surface area contributed by atoms with E-state index in [9.17, 15) is 0 Å². The molecule has 0 amide bonds. The molecule has 0 saturated heterocycles. The minimum atomic E-state index is 0.536. The normalized spacial score (nSPS) is 11.4. The standard InChI is InChI=1S/C16H27N5/c1-3-16(4-2)21-11-7-15(19-21)13-17-8-5-6-10-20-12-9-18-14-20/h7,9,11-12,14,16-17H,3-6,8,10,13H2,1-2H3. The van der Waals surface area contributed by atoms with Gasteiger partial charge in [0.2, 0.25) is 0 Å². The number of rotatable bonds is 10. The lowest BCUT2D eigenvalue weighted by molar-refractivity contribution is 0.424. The fourth-order valence-electron chi connectivity index (χ4n) is 2.52. The van der Waals surface area contributed by atoms with Crippen molar-refractivity contribution in [3.05, 3.63) is 36.7 Å². The second-order valence-electron chi connectivity index (χ2n) is 5.44. The fourth-order valence-corrected chi connectivity index (χ4v) is 2.52. The largest absolute Gasteiger partial charge is 0.337 e. The van der Waals surface area contributed by atoms with Gasteiger partial charge in [-0.3, -0.25) is 4.68 Å². The average Bonchev–Trinajstić information content (AvgIpc) is 3.16. The van der Waals surface area contributed by atoms with Gasteiger partial charge in [-0.2, -0.15) is 5.10 Å². The van der Waals surface area contributed by atoms with Gasteiger partial charge in [0.1, 0.15) is 0 Å². The molecule has 2 aromatic rings. The summed E-state index contributed by atoms with van der Waals surface area (Å²) in [6, 6.07) is 2.66. The molecule has 0 radical (unpaired) electrons. The van der Waals surface area contributed by atoms with Crippen molar-refractivity contribution in [2.45, 2.75) is 58.7 Å². The molecule has 0 aromatic carbocycles. The van der Waals surface area contributed by atoms with Crippen LogP contribution in [0.1, 0.15) is 51.3 Å². The molecule has 2 aromatic heterocycles. The monoisotopic (exact) mass is 289 g/mol. The van der Waals surface area contributed by atoms with E-state index in [-0.39, 0.29) is 0 Å². The number of imidazole rings is 1. The topological polar surface area (TPSA) is 47.7 Å². The molecular weight excluding hydrogens is 262 g/mol. The maximum atomic E-state index is 4.65. The highest BCUT2D eigenvalue weighted by Crippen LogP contribution is 2.14. The van der Waals surface area contributed by atoms with Crippen LogP contribution in [0.2, 0.25) is 0 Å². The van der Waals surface area contributed by atoms with E-state index in [1.165, 1.54) is 12.8 Å². The molecule has 5 nitrogen and oxygen atoms in total. The van der Waals surface area contributed by atoms with Gasteiger partial charge in [0.05, 0.1) is 18.1 Å². The predicted molar refractivity (Wildman–Crippen MR) is 85.0 cm³/mol. The molecule has 0 bridgehead atoms. The van der Waals surface area contributed by atoms with Crippen molar-refractivity contribution in [1.82, 2.24) is 24.6 Å². The van der Waals surface area contributed by atoms with Gasteiger partial charge in [0.25, 0.3) is 0 Å². The summed E-state index contributed by atoms with van der Waals surface area (Å²) in [6.07, 6.45) is 12.4. The van der Waals surface area contributed by atoms with E-state index in [4.69, 9.17) is 0 Å². The van der Waals surface area contributed by atoms with Crippen LogP contribution in [0.15, 0.2) is 31.0 Å². The highest BCUT2D eigenvalue weighted by molar-refractivity contribution is 4.99. The van der Waals surface area contributed by atoms with Crippen LogP contribution in [-0.2, 0) is 13.1 Å². The molecular formula is C16H27N5. The maximum Gasteiger partial charge on any atom is 0.0945 e. The van der Waals surface area contributed by atoms with Crippen LogP contribution in [0.4, 0.5) is 0 Å². The quantitative estimate of drug-likeness (QED) is 0.684. The maximum absolute atomic E-state index is 4.65. The van der Waals surface area contributed by atoms with E-state index in [0.717, 1.165) is 38.2 Å². The Bertz CT molecular complexity index is 485. The van der Waals surface area contributed by atoms with Gasteiger partial charge in [-0.1, -0.05) is 13.8 Å². The van der Waals surface area contributed by atoms with Crippen molar-refractivity contribution in [1.29, 1.82) is 0 Å². The van der Waals surface area contributed by atoms with E-state index in [2.05, 4.69) is 50.8 Å². The predicted octanol–water partition coefficient (Wildman–Crippen LogP) is 3.01. The zero-order valence-corrected chi connectivity index (χ0v) is 13.2. The first-order chi connectivity index (χ1) is 10.3. The summed E-state index contributed by atoms with van der Waals surface area (Å²) in [6.45, 7) is 7.37. The van der Waals surface area contributed by atoms with Crippen molar-refractivity contribution in [2.24, 2.45) is 0 Å². The third kappa shape index (κ3) is 5.01. The third-order valence-corrected chi connectivity index (χ3v) is 3.87. The molecule has 116 valence electrons. The second kappa shape index (κ2) is 8.62. The first-order valence-electron chi connectivity index (χ1n) is 8.04. The molecule has 0 saturated carbocycles. The number of aryl methyl sites for hydroxylation is 1. The molecule has 21 heavy (non-hydrogen) atoms. The molecule has 0 aliphatic carbocycles. The summed E-state index contributed by atoms with van der Waals surface area (Å²) in [5, 5.41) is 8.12. The molecule has 0 aliphatic heterocycles. The van der Waals surface area contributed by atoms with Crippen LogP contribution in [0.5, 0.6) is 0 Å². The zero-order chi connectivity index (χ0) is 14.9. The third-order valence-electron chi connectivity index (χ3n) is 3.87. The number of nitrogens with one attached hydrogen (secondary N) is 1. The Labute approximate surface area is 127 Å². The Morgan fingerprint density at radius 1 is 1.19 bits per heavy atom. The SMILES string of the molecule is CCC(CC)n1ccc(CNCCCCn2ccnc2)n1. The first kappa shape index (κ1) is 15.8. The summed E-state index contributed by atoms with van der Waals surface area (Å²) in [7, 11) is 0. The Hall–Kier alpha value is -1.62. The number of hydrogen-bond acceptors (Lipinski definition) is 3. The lowest BCUT2D eigenvalue weighted by Crippen LogP contribution is -2.16. The Morgan fingerprint density at radius 3 is 2.76 bits per heavy atom. The average molecular weight is 289 g/mol. The second-order valence-corrected chi connectivity index (χ2v) is 5.44. The van der Waals surface area contributed by atoms with Gasteiger partial charge >= 0.3 is 0 Å². The Balaban J connectivity index is 1.60. The van der Waals surface area contributed by atoms with Crippen molar-refractivity contribution in [3.63, 3.8) is 0 Å². The number of hydrogen-bond donors (Lipinski definition) is 1. The molecule has 5 heteroatoms. The smallest absolute Gasteiger partial charge is 0.0945 e. The van der Waals surface area contributed by atoms with Crippen LogP contribution in [0.25, 0.3) is 0 Å². The molecule has 0 unspecified atom stereocenters. The summed E-state index contributed by atoms with van der Waals surface area (Å²) in [5.74, 6) is 0. The van der Waals surface area contributed by atoms with Crippen LogP contribution in [-0.4, -0.2) is 25.9 Å². The summed E-state index contributed by atoms with van der Waals surface area (Å²) < 4.78 is 4.23. The fraction of sp³-hybridized carbons (Fsp3) is 0.625. The summed E-state index contributed by atoms with van der Waals surface area (Å²) in [4.78, 5) is 4.04. The van der Waals surface area contributed by atoms with Crippen molar-refractivity contribution in [2.75, 3.05) is 6.54 Å². The van der Waals surface area contributed by atoms with Crippen LogP contribution in [0.3, 0.4) is 0 Å². The van der Waals surface area contributed by atoms with E-state index >= 15 is 0 Å². The summed E-state index contributed by atoms with van der Waals surface area (Å²) in [5.41, 5.74) is 1.14. The van der Waals surface area contributed by atoms with E-state index in [1.807, 2.05) is 18.7 Å².